The summed E-state index contributed by atoms with van der Waals surface area (Å²) in [6.45, 7) is 6.56. The molecular formula is C14H29NO. The number of ether oxygens (including phenoxy) is 1. The second-order valence-electron chi connectivity index (χ2n) is 6.02. The van der Waals surface area contributed by atoms with Crippen molar-refractivity contribution in [2.75, 3.05) is 7.11 Å². The minimum Gasteiger partial charge on any atom is -0.379 e. The molecule has 0 spiro atoms. The Hall–Kier alpha value is -0.0800. The molecule has 2 N–H and O–H groups in total. The van der Waals surface area contributed by atoms with E-state index in [2.05, 4.69) is 20.8 Å². The number of rotatable bonds is 5. The van der Waals surface area contributed by atoms with Gasteiger partial charge in [0.25, 0.3) is 0 Å². The minimum atomic E-state index is -0.0684. The Morgan fingerprint density at radius 1 is 1.25 bits per heavy atom. The summed E-state index contributed by atoms with van der Waals surface area (Å²) in [6, 6.07) is 0.313. The number of hydrogen-bond acceptors (Lipinski definition) is 2. The van der Waals surface area contributed by atoms with E-state index in [0.717, 1.165) is 18.3 Å². The molecule has 1 unspecified atom stereocenters. The molecule has 0 amide bonds. The summed E-state index contributed by atoms with van der Waals surface area (Å²) in [5.74, 6) is 1.68. The van der Waals surface area contributed by atoms with Crippen molar-refractivity contribution < 1.29 is 4.74 Å². The van der Waals surface area contributed by atoms with Crippen LogP contribution in [0.3, 0.4) is 0 Å². The van der Waals surface area contributed by atoms with Gasteiger partial charge in [0.2, 0.25) is 0 Å². The van der Waals surface area contributed by atoms with E-state index in [1.165, 1.54) is 32.1 Å². The van der Waals surface area contributed by atoms with Crippen molar-refractivity contribution in [3.05, 3.63) is 0 Å². The first kappa shape index (κ1) is 14.0. The van der Waals surface area contributed by atoms with E-state index in [9.17, 15) is 0 Å². The second kappa shape index (κ2) is 6.02. The van der Waals surface area contributed by atoms with Gasteiger partial charge in [0, 0.05) is 13.2 Å². The first-order chi connectivity index (χ1) is 7.48. The number of hydrogen-bond donors (Lipinski definition) is 1. The van der Waals surface area contributed by atoms with Crippen molar-refractivity contribution in [3.8, 4) is 0 Å². The number of methoxy groups -OCH3 is 1. The van der Waals surface area contributed by atoms with Gasteiger partial charge in [-0.15, -0.1) is 0 Å². The van der Waals surface area contributed by atoms with Crippen molar-refractivity contribution in [2.45, 2.75) is 70.9 Å². The lowest BCUT2D eigenvalue weighted by molar-refractivity contribution is 0.00299. The Bertz CT molecular complexity index is 195. The van der Waals surface area contributed by atoms with Gasteiger partial charge in [0.05, 0.1) is 5.60 Å². The van der Waals surface area contributed by atoms with Crippen LogP contribution in [-0.2, 0) is 4.74 Å². The van der Waals surface area contributed by atoms with Crippen LogP contribution in [0.25, 0.3) is 0 Å². The summed E-state index contributed by atoms with van der Waals surface area (Å²) in [5.41, 5.74) is 6.25. The van der Waals surface area contributed by atoms with Crippen LogP contribution in [0.2, 0.25) is 0 Å². The Labute approximate surface area is 101 Å². The van der Waals surface area contributed by atoms with Gasteiger partial charge >= 0.3 is 0 Å². The highest BCUT2D eigenvalue weighted by Gasteiger charge is 2.29. The van der Waals surface area contributed by atoms with E-state index >= 15 is 0 Å². The minimum absolute atomic E-state index is 0.0684. The van der Waals surface area contributed by atoms with Gasteiger partial charge in [-0.1, -0.05) is 26.2 Å². The molecule has 2 heteroatoms. The summed E-state index contributed by atoms with van der Waals surface area (Å²) < 4.78 is 5.46. The van der Waals surface area contributed by atoms with Crippen molar-refractivity contribution in [1.82, 2.24) is 0 Å². The maximum atomic E-state index is 6.32. The first-order valence-electron chi connectivity index (χ1n) is 6.79. The molecule has 0 heterocycles. The third-order valence-corrected chi connectivity index (χ3v) is 4.35. The lowest BCUT2D eigenvalue weighted by Gasteiger charge is -2.35. The van der Waals surface area contributed by atoms with Crippen LogP contribution in [0.1, 0.15) is 59.3 Å². The zero-order valence-electron chi connectivity index (χ0n) is 11.5. The fourth-order valence-electron chi connectivity index (χ4n) is 2.84. The van der Waals surface area contributed by atoms with Crippen molar-refractivity contribution in [2.24, 2.45) is 17.6 Å². The average molecular weight is 227 g/mol. The zero-order valence-corrected chi connectivity index (χ0v) is 11.5. The normalized spacial score (nSPS) is 29.1. The Balaban J connectivity index is 2.36. The Morgan fingerprint density at radius 3 is 2.25 bits per heavy atom. The molecule has 1 aliphatic carbocycles. The van der Waals surface area contributed by atoms with Gasteiger partial charge in [0.1, 0.15) is 0 Å². The molecule has 0 saturated heterocycles. The molecule has 1 aliphatic rings. The summed E-state index contributed by atoms with van der Waals surface area (Å²) in [7, 11) is 1.78. The lowest BCUT2D eigenvalue weighted by Crippen LogP contribution is -2.40. The maximum Gasteiger partial charge on any atom is 0.0637 e. The van der Waals surface area contributed by atoms with Crippen molar-refractivity contribution >= 4 is 0 Å². The molecule has 1 fully saturated rings. The fourth-order valence-corrected chi connectivity index (χ4v) is 2.84. The van der Waals surface area contributed by atoms with Crippen LogP contribution in [0, 0.1) is 11.8 Å². The topological polar surface area (TPSA) is 35.2 Å². The quantitative estimate of drug-likeness (QED) is 0.781. The van der Waals surface area contributed by atoms with Crippen LogP contribution >= 0.6 is 0 Å². The number of nitrogens with two attached hydrogens (primary N) is 1. The Kier molecular flexibility index (Phi) is 5.26. The monoisotopic (exact) mass is 227 g/mol. The predicted octanol–water partition coefficient (Wildman–Crippen LogP) is 3.35. The molecule has 16 heavy (non-hydrogen) atoms. The highest BCUT2D eigenvalue weighted by atomic mass is 16.5. The summed E-state index contributed by atoms with van der Waals surface area (Å²) in [4.78, 5) is 0. The van der Waals surface area contributed by atoms with E-state index < -0.39 is 0 Å². The van der Waals surface area contributed by atoms with E-state index in [1.807, 2.05) is 0 Å². The van der Waals surface area contributed by atoms with E-state index in [1.54, 1.807) is 7.11 Å². The molecule has 1 atom stereocenters. The molecule has 2 nitrogen and oxygen atoms in total. The molecule has 96 valence electrons. The molecule has 0 radical (unpaired) electrons. The van der Waals surface area contributed by atoms with Gasteiger partial charge in [0.15, 0.2) is 0 Å². The largest absolute Gasteiger partial charge is 0.379 e. The third kappa shape index (κ3) is 4.06. The lowest BCUT2D eigenvalue weighted by atomic mass is 9.76. The van der Waals surface area contributed by atoms with Crippen molar-refractivity contribution in [1.29, 1.82) is 0 Å². The smallest absolute Gasteiger partial charge is 0.0637 e. The van der Waals surface area contributed by atoms with E-state index in [0.29, 0.717) is 6.04 Å². The molecule has 0 aromatic rings. The van der Waals surface area contributed by atoms with Crippen LogP contribution in [-0.4, -0.2) is 18.8 Å². The highest BCUT2D eigenvalue weighted by molar-refractivity contribution is 4.84. The molecule has 1 saturated carbocycles. The first-order valence-corrected chi connectivity index (χ1v) is 6.79. The summed E-state index contributed by atoms with van der Waals surface area (Å²) in [5, 5.41) is 0. The van der Waals surface area contributed by atoms with Gasteiger partial charge < -0.3 is 10.5 Å². The van der Waals surface area contributed by atoms with Gasteiger partial charge in [-0.25, -0.2) is 0 Å². The van der Waals surface area contributed by atoms with Gasteiger partial charge in [-0.05, 0) is 44.9 Å². The van der Waals surface area contributed by atoms with Gasteiger partial charge in [-0.3, -0.25) is 0 Å². The second-order valence-corrected chi connectivity index (χ2v) is 6.02. The van der Waals surface area contributed by atoms with Gasteiger partial charge in [-0.2, -0.15) is 0 Å². The zero-order chi connectivity index (χ0) is 12.2. The molecule has 1 rings (SSSR count). The van der Waals surface area contributed by atoms with Crippen LogP contribution in [0.5, 0.6) is 0 Å². The SMILES string of the molecule is CCC1CCC(C(N)CC(C)(C)OC)CC1. The van der Waals surface area contributed by atoms with Crippen LogP contribution < -0.4 is 5.73 Å². The predicted molar refractivity (Wildman–Crippen MR) is 69.4 cm³/mol. The van der Waals surface area contributed by atoms with Crippen molar-refractivity contribution in [3.63, 3.8) is 0 Å². The molecule has 0 aromatic heterocycles. The van der Waals surface area contributed by atoms with E-state index in [4.69, 9.17) is 10.5 Å². The van der Waals surface area contributed by atoms with Crippen LogP contribution in [0.4, 0.5) is 0 Å². The van der Waals surface area contributed by atoms with Crippen LogP contribution in [0.15, 0.2) is 0 Å². The summed E-state index contributed by atoms with van der Waals surface area (Å²) >= 11 is 0. The molecular weight excluding hydrogens is 198 g/mol. The molecule has 0 aromatic carbocycles. The maximum absolute atomic E-state index is 6.32. The highest BCUT2D eigenvalue weighted by Crippen LogP contribution is 2.34. The van der Waals surface area contributed by atoms with E-state index in [-0.39, 0.29) is 5.60 Å². The summed E-state index contributed by atoms with van der Waals surface area (Å²) in [6.07, 6.45) is 7.71. The standard InChI is InChI=1S/C14H29NO/c1-5-11-6-8-12(9-7-11)13(15)10-14(2,3)16-4/h11-13H,5-10,15H2,1-4H3. The average Bonchev–Trinajstić information content (AvgIpc) is 2.28. The Morgan fingerprint density at radius 2 is 1.81 bits per heavy atom. The molecule has 0 bridgehead atoms. The fraction of sp³-hybridized carbons (Fsp3) is 1.00. The third-order valence-electron chi connectivity index (χ3n) is 4.35. The molecule has 0 aliphatic heterocycles.